The second kappa shape index (κ2) is 11.2. The molecule has 1 N–H and O–H groups in total. The number of ether oxygens (including phenoxy) is 2. The Morgan fingerprint density at radius 3 is 2.91 bits per heavy atom. The molecule has 1 atom stereocenters. The number of halogens is 1. The summed E-state index contributed by atoms with van der Waals surface area (Å²) in [6, 6.07) is 0. The van der Waals surface area contributed by atoms with Crippen LogP contribution in [-0.2, 0) is 9.47 Å². The first kappa shape index (κ1) is 19.7. The van der Waals surface area contributed by atoms with Gasteiger partial charge < -0.3 is 19.7 Å². The smallest absolute Gasteiger partial charge is 0.193 e. The molecule has 2 aliphatic rings. The van der Waals surface area contributed by atoms with E-state index in [0.29, 0.717) is 5.92 Å². The van der Waals surface area contributed by atoms with Gasteiger partial charge in [-0.05, 0) is 26.2 Å². The van der Waals surface area contributed by atoms with E-state index in [9.17, 15) is 0 Å². The maximum Gasteiger partial charge on any atom is 0.193 e. The van der Waals surface area contributed by atoms with Crippen LogP contribution in [0.15, 0.2) is 16.6 Å². The SMILES string of the molecule is CCNC(=NCCC1=CCOCC1)N(C)CC1CCOC1.I. The van der Waals surface area contributed by atoms with E-state index in [1.54, 1.807) is 0 Å². The second-order valence-corrected chi connectivity index (χ2v) is 5.78. The van der Waals surface area contributed by atoms with E-state index >= 15 is 0 Å². The Bertz CT molecular complexity index is 368. The predicted octanol–water partition coefficient (Wildman–Crippen LogP) is 2.28. The summed E-state index contributed by atoms with van der Waals surface area (Å²) < 4.78 is 10.8. The highest BCUT2D eigenvalue weighted by Crippen LogP contribution is 2.14. The Morgan fingerprint density at radius 2 is 2.27 bits per heavy atom. The summed E-state index contributed by atoms with van der Waals surface area (Å²) in [6.45, 7) is 8.29. The second-order valence-electron chi connectivity index (χ2n) is 5.78. The van der Waals surface area contributed by atoms with Crippen LogP contribution >= 0.6 is 24.0 Å². The molecular formula is C16H30IN3O2. The van der Waals surface area contributed by atoms with Crippen LogP contribution < -0.4 is 5.32 Å². The average Bonchev–Trinajstić information content (AvgIpc) is 3.00. The molecule has 0 saturated carbocycles. The van der Waals surface area contributed by atoms with Gasteiger partial charge in [-0.3, -0.25) is 4.99 Å². The zero-order valence-electron chi connectivity index (χ0n) is 13.8. The summed E-state index contributed by atoms with van der Waals surface area (Å²) in [6.07, 6.45) is 5.46. The molecule has 0 aromatic heterocycles. The monoisotopic (exact) mass is 423 g/mol. The summed E-state index contributed by atoms with van der Waals surface area (Å²) in [7, 11) is 2.12. The molecule has 0 aliphatic carbocycles. The predicted molar refractivity (Wildman–Crippen MR) is 101 cm³/mol. The van der Waals surface area contributed by atoms with E-state index in [4.69, 9.17) is 14.5 Å². The van der Waals surface area contributed by atoms with Crippen molar-refractivity contribution in [3.63, 3.8) is 0 Å². The third-order valence-electron chi connectivity index (χ3n) is 4.00. The number of hydrogen-bond donors (Lipinski definition) is 1. The van der Waals surface area contributed by atoms with Crippen molar-refractivity contribution in [2.75, 3.05) is 53.1 Å². The van der Waals surface area contributed by atoms with E-state index in [0.717, 1.165) is 71.3 Å². The van der Waals surface area contributed by atoms with E-state index in [-0.39, 0.29) is 24.0 Å². The number of nitrogens with one attached hydrogen (secondary N) is 1. The molecule has 1 saturated heterocycles. The van der Waals surface area contributed by atoms with Gasteiger partial charge in [0.1, 0.15) is 0 Å². The van der Waals surface area contributed by atoms with Crippen molar-refractivity contribution in [2.45, 2.75) is 26.2 Å². The minimum absolute atomic E-state index is 0. The first-order valence-electron chi connectivity index (χ1n) is 8.12. The Kier molecular flexibility index (Phi) is 10.1. The molecule has 6 heteroatoms. The van der Waals surface area contributed by atoms with Crippen molar-refractivity contribution >= 4 is 29.9 Å². The van der Waals surface area contributed by atoms with Crippen molar-refractivity contribution in [3.05, 3.63) is 11.6 Å². The average molecular weight is 423 g/mol. The maximum absolute atomic E-state index is 5.45. The highest BCUT2D eigenvalue weighted by molar-refractivity contribution is 14.0. The Labute approximate surface area is 151 Å². The lowest BCUT2D eigenvalue weighted by Gasteiger charge is -2.24. The molecule has 0 spiro atoms. The first-order chi connectivity index (χ1) is 10.3. The highest BCUT2D eigenvalue weighted by Gasteiger charge is 2.19. The summed E-state index contributed by atoms with van der Waals surface area (Å²) >= 11 is 0. The number of nitrogens with zero attached hydrogens (tertiary/aromatic N) is 2. The molecule has 2 rings (SSSR count). The topological polar surface area (TPSA) is 46.1 Å². The van der Waals surface area contributed by atoms with E-state index in [1.165, 1.54) is 5.57 Å². The first-order valence-corrected chi connectivity index (χ1v) is 8.12. The lowest BCUT2D eigenvalue weighted by atomic mass is 10.1. The third kappa shape index (κ3) is 6.83. The largest absolute Gasteiger partial charge is 0.381 e. The zero-order valence-corrected chi connectivity index (χ0v) is 16.2. The Morgan fingerprint density at radius 1 is 1.41 bits per heavy atom. The van der Waals surface area contributed by atoms with Gasteiger partial charge in [0, 0.05) is 39.2 Å². The normalized spacial score (nSPS) is 22.0. The van der Waals surface area contributed by atoms with E-state index in [1.807, 2.05) is 0 Å². The molecule has 1 fully saturated rings. The molecule has 128 valence electrons. The van der Waals surface area contributed by atoms with Gasteiger partial charge in [-0.1, -0.05) is 11.6 Å². The van der Waals surface area contributed by atoms with Crippen LogP contribution in [0, 0.1) is 5.92 Å². The van der Waals surface area contributed by atoms with Gasteiger partial charge in [0.15, 0.2) is 5.96 Å². The highest BCUT2D eigenvalue weighted by atomic mass is 127. The molecular weight excluding hydrogens is 393 g/mol. The van der Waals surface area contributed by atoms with Gasteiger partial charge in [-0.25, -0.2) is 0 Å². The lowest BCUT2D eigenvalue weighted by molar-refractivity contribution is 0.153. The van der Waals surface area contributed by atoms with Crippen LogP contribution in [-0.4, -0.2) is 64.0 Å². The molecule has 2 heterocycles. The molecule has 1 unspecified atom stereocenters. The Hall–Kier alpha value is -0.340. The van der Waals surface area contributed by atoms with Crippen LogP contribution in [0.1, 0.15) is 26.2 Å². The van der Waals surface area contributed by atoms with Crippen molar-refractivity contribution in [3.8, 4) is 0 Å². The molecule has 0 bridgehead atoms. The number of hydrogen-bond acceptors (Lipinski definition) is 3. The fraction of sp³-hybridized carbons (Fsp3) is 0.812. The number of aliphatic imine (C=N–C) groups is 1. The zero-order chi connectivity index (χ0) is 14.9. The minimum Gasteiger partial charge on any atom is -0.381 e. The maximum atomic E-state index is 5.45. The minimum atomic E-state index is 0. The van der Waals surface area contributed by atoms with Gasteiger partial charge in [-0.15, -0.1) is 24.0 Å². The summed E-state index contributed by atoms with van der Waals surface area (Å²) in [5, 5.41) is 3.39. The third-order valence-corrected chi connectivity index (χ3v) is 4.00. The summed E-state index contributed by atoms with van der Waals surface area (Å²) in [4.78, 5) is 7.00. The van der Waals surface area contributed by atoms with Crippen LogP contribution in [0.3, 0.4) is 0 Å². The molecule has 22 heavy (non-hydrogen) atoms. The standard InChI is InChI=1S/C16H29N3O2.HI/c1-3-17-16(19(2)12-15-7-11-21-13-15)18-8-4-14-5-9-20-10-6-14;/h5,15H,3-4,6-13H2,1-2H3,(H,17,18);1H. The van der Waals surface area contributed by atoms with Crippen LogP contribution in [0.25, 0.3) is 0 Å². The number of guanidine groups is 1. The quantitative estimate of drug-likeness (QED) is 0.308. The van der Waals surface area contributed by atoms with E-state index in [2.05, 4.69) is 30.3 Å². The molecule has 2 aliphatic heterocycles. The van der Waals surface area contributed by atoms with Crippen molar-refractivity contribution in [1.82, 2.24) is 10.2 Å². The van der Waals surface area contributed by atoms with Crippen molar-refractivity contribution in [2.24, 2.45) is 10.9 Å². The molecule has 0 aromatic carbocycles. The van der Waals surface area contributed by atoms with Gasteiger partial charge in [0.25, 0.3) is 0 Å². The molecule has 0 radical (unpaired) electrons. The van der Waals surface area contributed by atoms with Crippen molar-refractivity contribution < 1.29 is 9.47 Å². The van der Waals surface area contributed by atoms with Crippen molar-refractivity contribution in [1.29, 1.82) is 0 Å². The fourth-order valence-electron chi connectivity index (χ4n) is 2.77. The van der Waals surface area contributed by atoms with E-state index < -0.39 is 0 Å². The van der Waals surface area contributed by atoms with Gasteiger partial charge in [0.2, 0.25) is 0 Å². The summed E-state index contributed by atoms with van der Waals surface area (Å²) in [5.41, 5.74) is 1.48. The molecule has 0 amide bonds. The molecule has 5 nitrogen and oxygen atoms in total. The number of rotatable bonds is 6. The Balaban J connectivity index is 0.00000242. The molecule has 0 aromatic rings. The van der Waals surface area contributed by atoms with Crippen LogP contribution in [0.5, 0.6) is 0 Å². The van der Waals surface area contributed by atoms with Crippen LogP contribution in [0.2, 0.25) is 0 Å². The summed E-state index contributed by atoms with van der Waals surface area (Å²) in [5.74, 6) is 1.65. The van der Waals surface area contributed by atoms with Crippen LogP contribution in [0.4, 0.5) is 0 Å². The van der Waals surface area contributed by atoms with Gasteiger partial charge in [0.05, 0.1) is 19.8 Å². The fourth-order valence-corrected chi connectivity index (χ4v) is 2.77. The van der Waals surface area contributed by atoms with Gasteiger partial charge in [-0.2, -0.15) is 0 Å². The lowest BCUT2D eigenvalue weighted by Crippen LogP contribution is -2.41. The van der Waals surface area contributed by atoms with Gasteiger partial charge >= 0.3 is 0 Å².